The number of Topliss-reactive ketones (excluding diaryl/α,β-unsaturated/α-hetero) is 1. The fourth-order valence-electron chi connectivity index (χ4n) is 6.35. The third-order valence-electron chi connectivity index (χ3n) is 7.45. The molecule has 3 heteroatoms. The number of piperidine rings is 1. The van der Waals surface area contributed by atoms with Gasteiger partial charge in [0.1, 0.15) is 5.78 Å². The Morgan fingerprint density at radius 3 is 2.73 bits per heavy atom. The van der Waals surface area contributed by atoms with E-state index in [4.69, 9.17) is 0 Å². The molecule has 3 aliphatic carbocycles. The van der Waals surface area contributed by atoms with E-state index in [0.29, 0.717) is 30.0 Å². The maximum absolute atomic E-state index is 11.9. The summed E-state index contributed by atoms with van der Waals surface area (Å²) in [5, 5.41) is 3.15. The van der Waals surface area contributed by atoms with E-state index < -0.39 is 0 Å². The Morgan fingerprint density at radius 1 is 1.18 bits per heavy atom. The van der Waals surface area contributed by atoms with Crippen molar-refractivity contribution in [3.8, 4) is 0 Å². The van der Waals surface area contributed by atoms with Gasteiger partial charge in [-0.1, -0.05) is 13.0 Å². The Morgan fingerprint density at radius 2 is 1.95 bits per heavy atom. The molecule has 3 fully saturated rings. The van der Waals surface area contributed by atoms with Gasteiger partial charge in [-0.3, -0.25) is 9.59 Å². The summed E-state index contributed by atoms with van der Waals surface area (Å²) in [6.07, 6.45) is 9.87. The molecule has 1 aliphatic heterocycles. The van der Waals surface area contributed by atoms with E-state index in [-0.39, 0.29) is 11.3 Å². The molecule has 1 heterocycles. The van der Waals surface area contributed by atoms with E-state index >= 15 is 0 Å². The summed E-state index contributed by atoms with van der Waals surface area (Å²) in [4.78, 5) is 23.7. The molecule has 3 nitrogen and oxygen atoms in total. The number of hydrogen-bond donors (Lipinski definition) is 1. The molecule has 4 aliphatic rings. The third kappa shape index (κ3) is 1.93. The third-order valence-corrected chi connectivity index (χ3v) is 7.45. The molecule has 120 valence electrons. The first-order valence-corrected chi connectivity index (χ1v) is 9.01. The number of fused-ring (bicyclic) bond motifs is 5. The number of carbonyl (C=O) groups excluding carboxylic acids is 2. The first-order chi connectivity index (χ1) is 10.5. The highest BCUT2D eigenvalue weighted by molar-refractivity contribution is 5.80. The van der Waals surface area contributed by atoms with Crippen molar-refractivity contribution in [3.05, 3.63) is 11.8 Å². The molecule has 22 heavy (non-hydrogen) atoms. The van der Waals surface area contributed by atoms with Crippen LogP contribution in [0.5, 0.6) is 0 Å². The van der Waals surface area contributed by atoms with Gasteiger partial charge in [0.05, 0.1) is 0 Å². The lowest BCUT2D eigenvalue weighted by Gasteiger charge is -2.54. The van der Waals surface area contributed by atoms with Gasteiger partial charge in [-0.25, -0.2) is 0 Å². The second-order valence-corrected chi connectivity index (χ2v) is 8.29. The van der Waals surface area contributed by atoms with Gasteiger partial charge in [-0.2, -0.15) is 0 Å². The van der Waals surface area contributed by atoms with Crippen LogP contribution in [0, 0.1) is 35.0 Å². The van der Waals surface area contributed by atoms with Gasteiger partial charge in [0.2, 0.25) is 5.91 Å². The van der Waals surface area contributed by atoms with Gasteiger partial charge in [-0.05, 0) is 69.1 Å². The summed E-state index contributed by atoms with van der Waals surface area (Å²) >= 11 is 0. The molecule has 0 spiro atoms. The zero-order valence-electron chi connectivity index (χ0n) is 13.7. The highest BCUT2D eigenvalue weighted by Gasteiger charge is 2.54. The summed E-state index contributed by atoms with van der Waals surface area (Å²) in [6.45, 7) is 4.16. The van der Waals surface area contributed by atoms with E-state index in [1.165, 1.54) is 25.0 Å². The van der Waals surface area contributed by atoms with E-state index in [1.807, 2.05) is 0 Å². The Hall–Kier alpha value is -1.12. The quantitative estimate of drug-likeness (QED) is 0.806. The smallest absolute Gasteiger partial charge is 0.224 e. The van der Waals surface area contributed by atoms with Crippen molar-refractivity contribution in [2.45, 2.75) is 58.8 Å². The lowest BCUT2D eigenvalue weighted by Crippen LogP contribution is -2.51. The van der Waals surface area contributed by atoms with E-state index in [2.05, 4.69) is 18.3 Å². The number of ketones is 1. The Balaban J connectivity index is 1.63. The van der Waals surface area contributed by atoms with Crippen molar-refractivity contribution in [3.63, 3.8) is 0 Å². The minimum atomic E-state index is 0.163. The number of carbonyl (C=O) groups is 2. The zero-order valence-corrected chi connectivity index (χ0v) is 13.7. The van der Waals surface area contributed by atoms with Crippen LogP contribution >= 0.6 is 0 Å². The van der Waals surface area contributed by atoms with Crippen molar-refractivity contribution < 1.29 is 9.59 Å². The van der Waals surface area contributed by atoms with Crippen LogP contribution in [0.15, 0.2) is 11.8 Å². The molecular weight excluding hydrogens is 274 g/mol. The highest BCUT2D eigenvalue weighted by Crippen LogP contribution is 2.60. The van der Waals surface area contributed by atoms with Gasteiger partial charge in [0, 0.05) is 23.5 Å². The molecule has 1 saturated heterocycles. The number of allylic oxidation sites excluding steroid dienone is 2. The van der Waals surface area contributed by atoms with Gasteiger partial charge in [0.25, 0.3) is 0 Å². The number of amides is 1. The SMILES string of the molecule is CC(=O)[C@H]1CCC2C3CC=C4NC(=O)CCC4(C)C3CCC21. The number of hydrogen-bond acceptors (Lipinski definition) is 2. The summed E-state index contributed by atoms with van der Waals surface area (Å²) in [6, 6.07) is 0. The van der Waals surface area contributed by atoms with Crippen LogP contribution in [-0.4, -0.2) is 11.7 Å². The number of rotatable bonds is 1. The van der Waals surface area contributed by atoms with E-state index in [0.717, 1.165) is 31.1 Å². The molecule has 0 radical (unpaired) electrons. The van der Waals surface area contributed by atoms with Crippen molar-refractivity contribution in [2.75, 3.05) is 0 Å². The standard InChI is InChI=1S/C19H27NO2/c1-11(21)12-3-4-14-13(12)5-7-16-15(14)6-8-17-19(16,2)10-9-18(22)20-17/h8,12-16H,3-7,9-10H2,1-2H3,(H,20,22)/t12-,13?,14?,15?,16?,19?/m1/s1. The summed E-state index contributed by atoms with van der Waals surface area (Å²) < 4.78 is 0. The molecule has 0 aromatic rings. The minimum absolute atomic E-state index is 0.163. The second-order valence-electron chi connectivity index (χ2n) is 8.29. The van der Waals surface area contributed by atoms with Gasteiger partial charge < -0.3 is 5.32 Å². The monoisotopic (exact) mass is 301 g/mol. The first-order valence-electron chi connectivity index (χ1n) is 9.01. The zero-order chi connectivity index (χ0) is 15.5. The van der Waals surface area contributed by atoms with Crippen LogP contribution < -0.4 is 5.32 Å². The summed E-state index contributed by atoms with van der Waals surface area (Å²) in [5.74, 6) is 3.72. The second kappa shape index (κ2) is 4.94. The van der Waals surface area contributed by atoms with E-state index in [9.17, 15) is 9.59 Å². The molecule has 6 atom stereocenters. The largest absolute Gasteiger partial charge is 0.330 e. The van der Waals surface area contributed by atoms with Crippen LogP contribution in [0.2, 0.25) is 0 Å². The topological polar surface area (TPSA) is 46.2 Å². The summed E-state index contributed by atoms with van der Waals surface area (Å²) in [7, 11) is 0. The van der Waals surface area contributed by atoms with Gasteiger partial charge in [-0.15, -0.1) is 0 Å². The van der Waals surface area contributed by atoms with Crippen LogP contribution in [0.1, 0.15) is 58.8 Å². The van der Waals surface area contributed by atoms with Crippen molar-refractivity contribution in [2.24, 2.45) is 35.0 Å². The van der Waals surface area contributed by atoms with Crippen LogP contribution in [-0.2, 0) is 9.59 Å². The Kier molecular flexibility index (Phi) is 3.25. The minimum Gasteiger partial charge on any atom is -0.330 e. The van der Waals surface area contributed by atoms with Crippen LogP contribution in [0.4, 0.5) is 0 Å². The molecule has 0 aromatic heterocycles. The van der Waals surface area contributed by atoms with Crippen molar-refractivity contribution in [1.82, 2.24) is 5.32 Å². The lowest BCUT2D eigenvalue weighted by atomic mass is 9.52. The Bertz CT molecular complexity index is 552. The molecule has 2 saturated carbocycles. The van der Waals surface area contributed by atoms with Crippen LogP contribution in [0.25, 0.3) is 0 Å². The molecule has 5 unspecified atom stereocenters. The fraction of sp³-hybridized carbons (Fsp3) is 0.789. The molecule has 4 rings (SSSR count). The maximum atomic E-state index is 11.9. The average Bonchev–Trinajstić information content (AvgIpc) is 2.92. The number of nitrogens with one attached hydrogen (secondary N) is 1. The average molecular weight is 301 g/mol. The first kappa shape index (κ1) is 14.5. The van der Waals surface area contributed by atoms with Crippen molar-refractivity contribution >= 4 is 11.7 Å². The molecule has 0 bridgehead atoms. The maximum Gasteiger partial charge on any atom is 0.224 e. The molecule has 1 N–H and O–H groups in total. The highest BCUT2D eigenvalue weighted by atomic mass is 16.1. The normalized spacial score (nSPS) is 46.9. The lowest BCUT2D eigenvalue weighted by molar-refractivity contribution is -0.126. The molecular formula is C19H27NO2. The fourth-order valence-corrected chi connectivity index (χ4v) is 6.35. The summed E-state index contributed by atoms with van der Waals surface area (Å²) in [5.41, 5.74) is 1.36. The predicted octanol–water partition coefficient (Wildman–Crippen LogP) is 3.45. The van der Waals surface area contributed by atoms with E-state index in [1.54, 1.807) is 6.92 Å². The Labute approximate surface area is 132 Å². The van der Waals surface area contributed by atoms with Gasteiger partial charge in [0.15, 0.2) is 0 Å². The van der Waals surface area contributed by atoms with Crippen molar-refractivity contribution in [1.29, 1.82) is 0 Å². The van der Waals surface area contributed by atoms with Crippen LogP contribution in [0.3, 0.4) is 0 Å². The predicted molar refractivity (Wildman–Crippen MR) is 84.8 cm³/mol. The molecule has 0 aromatic carbocycles. The van der Waals surface area contributed by atoms with Gasteiger partial charge >= 0.3 is 0 Å². The molecule has 1 amide bonds.